The largest absolute Gasteiger partial charge is 0.497 e. The summed E-state index contributed by atoms with van der Waals surface area (Å²) in [5.74, 6) is 1.42. The predicted molar refractivity (Wildman–Crippen MR) is 103 cm³/mol. The fourth-order valence-corrected chi connectivity index (χ4v) is 3.69. The number of aromatic nitrogens is 2. The summed E-state index contributed by atoms with van der Waals surface area (Å²) in [6.07, 6.45) is 3.85. The number of piperidine rings is 1. The van der Waals surface area contributed by atoms with Gasteiger partial charge in [-0.15, -0.1) is 5.10 Å². The molecule has 1 aromatic heterocycles. The Labute approximate surface area is 164 Å². The molecule has 28 heavy (non-hydrogen) atoms. The van der Waals surface area contributed by atoms with Gasteiger partial charge >= 0.3 is 6.01 Å². The number of rotatable bonds is 6. The highest BCUT2D eigenvalue weighted by molar-refractivity contribution is 5.79. The van der Waals surface area contributed by atoms with Crippen molar-refractivity contribution in [1.29, 1.82) is 0 Å². The van der Waals surface area contributed by atoms with E-state index in [-0.39, 0.29) is 17.9 Å². The molecule has 2 aliphatic rings. The summed E-state index contributed by atoms with van der Waals surface area (Å²) in [7, 11) is 1.63. The molecule has 0 radical (unpaired) electrons. The van der Waals surface area contributed by atoms with Crippen LogP contribution >= 0.6 is 0 Å². The number of ether oxygens (including phenoxy) is 2. The number of carbonyl (C=O) groups is 1. The number of hydrogen-bond acceptors (Lipinski definition) is 7. The summed E-state index contributed by atoms with van der Waals surface area (Å²) in [6.45, 7) is 2.88. The maximum atomic E-state index is 12.4. The maximum Gasteiger partial charge on any atom is 0.318 e. The van der Waals surface area contributed by atoms with Crippen LogP contribution in [-0.4, -0.2) is 55.6 Å². The third-order valence-corrected chi connectivity index (χ3v) is 5.42. The molecule has 1 aromatic carbocycles. The first-order valence-electron chi connectivity index (χ1n) is 9.85. The lowest BCUT2D eigenvalue weighted by Gasteiger charge is -2.30. The van der Waals surface area contributed by atoms with Gasteiger partial charge in [-0.3, -0.25) is 4.79 Å². The van der Waals surface area contributed by atoms with Gasteiger partial charge in [-0.25, -0.2) is 0 Å². The molecule has 8 nitrogen and oxygen atoms in total. The van der Waals surface area contributed by atoms with Crippen molar-refractivity contribution in [1.82, 2.24) is 15.5 Å². The first-order chi connectivity index (χ1) is 13.7. The highest BCUT2D eigenvalue weighted by Gasteiger charge is 2.28. The molecule has 0 aliphatic carbocycles. The van der Waals surface area contributed by atoms with Crippen LogP contribution in [0.2, 0.25) is 0 Å². The lowest BCUT2D eigenvalue weighted by molar-refractivity contribution is -0.126. The van der Waals surface area contributed by atoms with E-state index in [1.165, 1.54) is 0 Å². The Balaban J connectivity index is 1.28. The van der Waals surface area contributed by atoms with Crippen LogP contribution in [0.3, 0.4) is 0 Å². The second-order valence-electron chi connectivity index (χ2n) is 7.26. The smallest absolute Gasteiger partial charge is 0.318 e. The van der Waals surface area contributed by atoms with E-state index < -0.39 is 0 Å². The second kappa shape index (κ2) is 8.60. The summed E-state index contributed by atoms with van der Waals surface area (Å²) in [4.78, 5) is 14.4. The molecular formula is C20H26N4O4. The molecule has 2 aliphatic heterocycles. The van der Waals surface area contributed by atoms with Crippen LogP contribution in [0.1, 0.15) is 25.7 Å². The second-order valence-corrected chi connectivity index (χ2v) is 7.26. The summed E-state index contributed by atoms with van der Waals surface area (Å²) >= 11 is 0. The average Bonchev–Trinajstić information content (AvgIpc) is 3.44. The Morgan fingerprint density at radius 3 is 2.68 bits per heavy atom. The van der Waals surface area contributed by atoms with Crippen molar-refractivity contribution in [3.63, 3.8) is 0 Å². The zero-order chi connectivity index (χ0) is 19.3. The average molecular weight is 386 g/mol. The van der Waals surface area contributed by atoms with E-state index in [4.69, 9.17) is 13.9 Å². The number of hydrogen-bond donors (Lipinski definition) is 1. The molecule has 2 saturated heterocycles. The van der Waals surface area contributed by atoms with E-state index >= 15 is 0 Å². The van der Waals surface area contributed by atoms with Gasteiger partial charge in [-0.05, 0) is 49.9 Å². The number of carbonyl (C=O) groups excluding carboxylic acids is 1. The molecule has 2 aromatic rings. The lowest BCUT2D eigenvalue weighted by Crippen LogP contribution is -2.42. The van der Waals surface area contributed by atoms with Crippen molar-refractivity contribution >= 4 is 11.9 Å². The standard InChI is InChI=1S/C20H26N4O4/c1-26-16-6-4-15(5-7-16)19-22-23-20(28-19)24-10-8-14(9-11-24)18(25)21-13-17-3-2-12-27-17/h4-7,14,17H,2-3,8-13H2,1H3,(H,21,25)/t17-/m0/s1. The minimum Gasteiger partial charge on any atom is -0.497 e. The van der Waals surface area contributed by atoms with Crippen LogP contribution in [0.4, 0.5) is 6.01 Å². The van der Waals surface area contributed by atoms with Gasteiger partial charge in [-0.2, -0.15) is 0 Å². The molecule has 0 saturated carbocycles. The zero-order valence-electron chi connectivity index (χ0n) is 16.1. The fourth-order valence-electron chi connectivity index (χ4n) is 3.69. The van der Waals surface area contributed by atoms with Gasteiger partial charge < -0.3 is 24.1 Å². The van der Waals surface area contributed by atoms with Crippen molar-refractivity contribution in [3.05, 3.63) is 24.3 Å². The van der Waals surface area contributed by atoms with E-state index in [1.807, 2.05) is 29.2 Å². The van der Waals surface area contributed by atoms with Gasteiger partial charge in [0.15, 0.2) is 0 Å². The molecule has 150 valence electrons. The molecule has 0 spiro atoms. The van der Waals surface area contributed by atoms with Gasteiger partial charge in [0.25, 0.3) is 0 Å². The molecule has 3 heterocycles. The lowest BCUT2D eigenvalue weighted by atomic mass is 9.96. The quantitative estimate of drug-likeness (QED) is 0.814. The van der Waals surface area contributed by atoms with E-state index in [2.05, 4.69) is 15.5 Å². The van der Waals surface area contributed by atoms with Crippen molar-refractivity contribution in [2.24, 2.45) is 5.92 Å². The molecular weight excluding hydrogens is 360 g/mol. The van der Waals surface area contributed by atoms with Gasteiger partial charge in [0.05, 0.1) is 13.2 Å². The Morgan fingerprint density at radius 2 is 2.00 bits per heavy atom. The normalized spacial score (nSPS) is 20.3. The minimum absolute atomic E-state index is 0.0293. The Hall–Kier alpha value is -2.61. The van der Waals surface area contributed by atoms with Gasteiger partial charge in [0.2, 0.25) is 11.8 Å². The van der Waals surface area contributed by atoms with Crippen LogP contribution < -0.4 is 15.0 Å². The third kappa shape index (κ3) is 4.27. The summed E-state index contributed by atoms with van der Waals surface area (Å²) < 4.78 is 16.6. The SMILES string of the molecule is COc1ccc(-c2nnc(N3CCC(C(=O)NC[C@@H]4CCCO4)CC3)o2)cc1. The van der Waals surface area contributed by atoms with Gasteiger partial charge in [-0.1, -0.05) is 5.10 Å². The monoisotopic (exact) mass is 386 g/mol. The highest BCUT2D eigenvalue weighted by Crippen LogP contribution is 2.27. The summed E-state index contributed by atoms with van der Waals surface area (Å²) in [5, 5.41) is 11.4. The summed E-state index contributed by atoms with van der Waals surface area (Å²) in [5.41, 5.74) is 0.850. The number of methoxy groups -OCH3 is 1. The topological polar surface area (TPSA) is 89.7 Å². The van der Waals surface area contributed by atoms with Crippen LogP contribution in [0.5, 0.6) is 5.75 Å². The van der Waals surface area contributed by atoms with Gasteiger partial charge in [0.1, 0.15) is 5.75 Å². The molecule has 1 atom stereocenters. The first-order valence-corrected chi connectivity index (χ1v) is 9.85. The molecule has 1 amide bonds. The number of amides is 1. The third-order valence-electron chi connectivity index (χ3n) is 5.42. The summed E-state index contributed by atoms with van der Waals surface area (Å²) in [6, 6.07) is 8.01. The molecule has 0 bridgehead atoms. The Kier molecular flexibility index (Phi) is 5.76. The molecule has 1 N–H and O–H groups in total. The number of anilines is 1. The van der Waals surface area contributed by atoms with Crippen LogP contribution in [0.25, 0.3) is 11.5 Å². The van der Waals surface area contributed by atoms with Crippen LogP contribution in [0, 0.1) is 5.92 Å². The van der Waals surface area contributed by atoms with Gasteiger partial charge in [0, 0.05) is 37.7 Å². The van der Waals surface area contributed by atoms with Crippen molar-refractivity contribution < 1.29 is 18.7 Å². The maximum absolute atomic E-state index is 12.4. The van der Waals surface area contributed by atoms with E-state index in [0.29, 0.717) is 18.5 Å². The number of nitrogens with one attached hydrogen (secondary N) is 1. The predicted octanol–water partition coefficient (Wildman–Crippen LogP) is 2.26. The van der Waals surface area contributed by atoms with Crippen molar-refractivity contribution in [2.75, 3.05) is 38.3 Å². The Morgan fingerprint density at radius 1 is 1.21 bits per heavy atom. The number of nitrogens with zero attached hydrogens (tertiary/aromatic N) is 3. The molecule has 4 rings (SSSR count). The highest BCUT2D eigenvalue weighted by atomic mass is 16.5. The van der Waals surface area contributed by atoms with Crippen LogP contribution in [0.15, 0.2) is 28.7 Å². The van der Waals surface area contributed by atoms with Crippen LogP contribution in [-0.2, 0) is 9.53 Å². The molecule has 8 heteroatoms. The van der Waals surface area contributed by atoms with E-state index in [1.54, 1.807) is 7.11 Å². The van der Waals surface area contributed by atoms with Crippen molar-refractivity contribution in [2.45, 2.75) is 31.8 Å². The molecule has 2 fully saturated rings. The van der Waals surface area contributed by atoms with Crippen molar-refractivity contribution in [3.8, 4) is 17.2 Å². The first kappa shape index (κ1) is 18.7. The number of benzene rings is 1. The molecule has 0 unspecified atom stereocenters. The van der Waals surface area contributed by atoms with E-state index in [9.17, 15) is 4.79 Å². The minimum atomic E-state index is 0.0293. The Bertz CT molecular complexity index is 778. The van der Waals surface area contributed by atoms with E-state index in [0.717, 1.165) is 56.7 Å². The fraction of sp³-hybridized carbons (Fsp3) is 0.550. The zero-order valence-corrected chi connectivity index (χ0v) is 16.1.